The quantitative estimate of drug-likeness (QED) is 0.398. The first-order valence-corrected chi connectivity index (χ1v) is 4.22. The Kier molecular flexibility index (Phi) is 1.93. The van der Waals surface area contributed by atoms with E-state index in [0.717, 1.165) is 0 Å². The predicted octanol–water partition coefficient (Wildman–Crippen LogP) is -2.23. The van der Waals surface area contributed by atoms with Crippen LogP contribution in [0.1, 0.15) is 6.92 Å². The van der Waals surface area contributed by atoms with Crippen LogP contribution in [0.25, 0.3) is 0 Å². The van der Waals surface area contributed by atoms with Crippen LogP contribution in [-0.4, -0.2) is 42.3 Å². The van der Waals surface area contributed by atoms with E-state index in [1.54, 1.807) is 4.90 Å². The molecule has 2 atom stereocenters. The maximum Gasteiger partial charge on any atom is 0.241 e. The number of nitrogens with one attached hydrogen (secondary N) is 3. The van der Waals surface area contributed by atoms with Crippen LogP contribution in [0, 0.1) is 0 Å². The van der Waals surface area contributed by atoms with Gasteiger partial charge in [0.15, 0.2) is 0 Å². The SMILES string of the molecule is CC(=O)N1CNC2C(=O)NCNC21. The lowest BCUT2D eigenvalue weighted by molar-refractivity contribution is -0.132. The van der Waals surface area contributed by atoms with Gasteiger partial charge in [0, 0.05) is 6.92 Å². The maximum absolute atomic E-state index is 11.3. The molecule has 0 aliphatic carbocycles. The van der Waals surface area contributed by atoms with Crippen LogP contribution in [0.15, 0.2) is 0 Å². The van der Waals surface area contributed by atoms with Crippen molar-refractivity contribution in [2.75, 3.05) is 13.3 Å². The van der Waals surface area contributed by atoms with Crippen molar-refractivity contribution < 1.29 is 9.59 Å². The number of amides is 2. The first kappa shape index (κ1) is 8.46. The number of rotatable bonds is 0. The van der Waals surface area contributed by atoms with Gasteiger partial charge in [0.25, 0.3) is 0 Å². The first-order chi connectivity index (χ1) is 6.20. The van der Waals surface area contributed by atoms with E-state index in [4.69, 9.17) is 0 Å². The second-order valence-electron chi connectivity index (χ2n) is 3.20. The van der Waals surface area contributed by atoms with Crippen molar-refractivity contribution in [2.24, 2.45) is 0 Å². The molecule has 2 amide bonds. The summed E-state index contributed by atoms with van der Waals surface area (Å²) in [5.41, 5.74) is 0. The Labute approximate surface area is 75.6 Å². The number of carbonyl (C=O) groups excluding carboxylic acids is 2. The van der Waals surface area contributed by atoms with Gasteiger partial charge >= 0.3 is 0 Å². The molecule has 6 nitrogen and oxygen atoms in total. The monoisotopic (exact) mass is 184 g/mol. The summed E-state index contributed by atoms with van der Waals surface area (Å²) < 4.78 is 0. The average Bonchev–Trinajstić information content (AvgIpc) is 2.48. The van der Waals surface area contributed by atoms with Crippen LogP contribution >= 0.6 is 0 Å². The Morgan fingerprint density at radius 3 is 3.00 bits per heavy atom. The molecule has 2 saturated heterocycles. The van der Waals surface area contributed by atoms with Crippen LogP contribution < -0.4 is 16.0 Å². The maximum atomic E-state index is 11.3. The average molecular weight is 184 g/mol. The van der Waals surface area contributed by atoms with Gasteiger partial charge in [-0.1, -0.05) is 0 Å². The van der Waals surface area contributed by atoms with E-state index in [1.807, 2.05) is 0 Å². The fourth-order valence-electron chi connectivity index (χ4n) is 1.71. The Hall–Kier alpha value is -1.14. The van der Waals surface area contributed by atoms with Gasteiger partial charge in [0.1, 0.15) is 12.2 Å². The third-order valence-corrected chi connectivity index (χ3v) is 2.39. The van der Waals surface area contributed by atoms with Crippen molar-refractivity contribution in [1.29, 1.82) is 0 Å². The smallest absolute Gasteiger partial charge is 0.241 e. The van der Waals surface area contributed by atoms with Crippen molar-refractivity contribution in [3.63, 3.8) is 0 Å². The van der Waals surface area contributed by atoms with Crippen molar-refractivity contribution in [3.8, 4) is 0 Å². The molecule has 2 fully saturated rings. The molecule has 6 heteroatoms. The van der Waals surface area contributed by atoms with Gasteiger partial charge in [0.05, 0.1) is 13.3 Å². The summed E-state index contributed by atoms with van der Waals surface area (Å²) in [5, 5.41) is 8.69. The minimum absolute atomic E-state index is 0.0257. The molecule has 3 N–H and O–H groups in total. The van der Waals surface area contributed by atoms with Gasteiger partial charge in [-0.3, -0.25) is 20.2 Å². The van der Waals surface area contributed by atoms with Crippen molar-refractivity contribution >= 4 is 11.8 Å². The van der Waals surface area contributed by atoms with Gasteiger partial charge < -0.3 is 10.2 Å². The van der Waals surface area contributed by atoms with E-state index in [9.17, 15) is 9.59 Å². The summed E-state index contributed by atoms with van der Waals surface area (Å²) in [6, 6.07) is -0.308. The molecule has 0 aromatic carbocycles. The lowest BCUT2D eigenvalue weighted by Gasteiger charge is -2.30. The van der Waals surface area contributed by atoms with E-state index in [1.165, 1.54) is 6.92 Å². The van der Waals surface area contributed by atoms with E-state index >= 15 is 0 Å². The zero-order valence-corrected chi connectivity index (χ0v) is 7.33. The summed E-state index contributed by atoms with van der Waals surface area (Å²) in [5.74, 6) is -0.0744. The molecular weight excluding hydrogens is 172 g/mol. The molecule has 0 saturated carbocycles. The zero-order chi connectivity index (χ0) is 9.42. The largest absolute Gasteiger partial charge is 0.342 e. The summed E-state index contributed by atoms with van der Waals surface area (Å²) in [6.07, 6.45) is -0.189. The minimum Gasteiger partial charge on any atom is -0.342 e. The highest BCUT2D eigenvalue weighted by Crippen LogP contribution is 2.11. The third kappa shape index (κ3) is 1.27. The summed E-state index contributed by atoms with van der Waals surface area (Å²) in [6.45, 7) is 2.36. The molecule has 2 aliphatic rings. The Morgan fingerprint density at radius 2 is 2.31 bits per heavy atom. The van der Waals surface area contributed by atoms with Crippen LogP contribution in [0.3, 0.4) is 0 Å². The van der Waals surface area contributed by atoms with E-state index < -0.39 is 0 Å². The van der Waals surface area contributed by atoms with E-state index in [-0.39, 0.29) is 24.0 Å². The second kappa shape index (κ2) is 2.97. The summed E-state index contributed by atoms with van der Waals surface area (Å²) in [4.78, 5) is 24.0. The number of carbonyl (C=O) groups is 2. The second-order valence-corrected chi connectivity index (χ2v) is 3.20. The Bertz CT molecular complexity index is 249. The molecule has 2 rings (SSSR count). The molecule has 0 aromatic heterocycles. The van der Waals surface area contributed by atoms with Crippen LogP contribution in [0.5, 0.6) is 0 Å². The molecule has 13 heavy (non-hydrogen) atoms. The Balaban J connectivity index is 2.14. The highest BCUT2D eigenvalue weighted by Gasteiger charge is 2.41. The number of fused-ring (bicyclic) bond motifs is 1. The standard InChI is InChI=1S/C7H12N4O2/c1-4(12)11-3-10-5-6(11)8-2-9-7(5)13/h5-6,8,10H,2-3H2,1H3,(H,9,13). The van der Waals surface area contributed by atoms with E-state index in [0.29, 0.717) is 13.3 Å². The molecular formula is C7H12N4O2. The van der Waals surface area contributed by atoms with Crippen molar-refractivity contribution in [1.82, 2.24) is 20.9 Å². The van der Waals surface area contributed by atoms with Gasteiger partial charge in [0.2, 0.25) is 11.8 Å². The first-order valence-electron chi connectivity index (χ1n) is 4.22. The summed E-state index contributed by atoms with van der Waals surface area (Å²) >= 11 is 0. The Morgan fingerprint density at radius 1 is 1.54 bits per heavy atom. The summed E-state index contributed by atoms with van der Waals surface area (Å²) in [7, 11) is 0. The molecule has 2 heterocycles. The molecule has 0 aromatic rings. The third-order valence-electron chi connectivity index (χ3n) is 2.39. The molecule has 0 radical (unpaired) electrons. The zero-order valence-electron chi connectivity index (χ0n) is 7.33. The molecule has 72 valence electrons. The van der Waals surface area contributed by atoms with Crippen LogP contribution in [0.4, 0.5) is 0 Å². The normalized spacial score (nSPS) is 32.7. The van der Waals surface area contributed by atoms with Crippen LogP contribution in [0.2, 0.25) is 0 Å². The minimum atomic E-state index is -0.308. The van der Waals surface area contributed by atoms with Gasteiger partial charge in [-0.2, -0.15) is 0 Å². The fourth-order valence-corrected chi connectivity index (χ4v) is 1.71. The van der Waals surface area contributed by atoms with Gasteiger partial charge in [-0.25, -0.2) is 0 Å². The molecule has 0 spiro atoms. The fraction of sp³-hybridized carbons (Fsp3) is 0.714. The predicted molar refractivity (Wildman–Crippen MR) is 44.2 cm³/mol. The number of nitrogens with zero attached hydrogens (tertiary/aromatic N) is 1. The highest BCUT2D eigenvalue weighted by molar-refractivity contribution is 5.85. The molecule has 0 bridgehead atoms. The van der Waals surface area contributed by atoms with Crippen LogP contribution in [-0.2, 0) is 9.59 Å². The number of hydrogen-bond donors (Lipinski definition) is 3. The van der Waals surface area contributed by atoms with E-state index in [2.05, 4.69) is 16.0 Å². The highest BCUT2D eigenvalue weighted by atomic mass is 16.2. The van der Waals surface area contributed by atoms with Crippen molar-refractivity contribution in [3.05, 3.63) is 0 Å². The topological polar surface area (TPSA) is 73.5 Å². The molecule has 2 unspecified atom stereocenters. The van der Waals surface area contributed by atoms with Gasteiger partial charge in [-0.15, -0.1) is 0 Å². The van der Waals surface area contributed by atoms with Gasteiger partial charge in [-0.05, 0) is 0 Å². The lowest BCUT2D eigenvalue weighted by Crippen LogP contribution is -2.62. The lowest BCUT2D eigenvalue weighted by atomic mass is 10.2. The molecule has 2 aliphatic heterocycles. The van der Waals surface area contributed by atoms with Crippen molar-refractivity contribution in [2.45, 2.75) is 19.1 Å². The number of hydrogen-bond acceptors (Lipinski definition) is 4.